The molecule has 4 nitrogen and oxygen atoms in total. The SMILES string of the molecule is COc1cccc(CNCc2ccco2)c1OCc1ccc(F)cc1. The molecule has 0 bridgehead atoms. The van der Waals surface area contributed by atoms with E-state index in [9.17, 15) is 4.39 Å². The van der Waals surface area contributed by atoms with E-state index in [1.807, 2.05) is 30.3 Å². The van der Waals surface area contributed by atoms with Crippen molar-refractivity contribution in [2.24, 2.45) is 0 Å². The number of hydrogen-bond donors (Lipinski definition) is 1. The molecule has 0 amide bonds. The van der Waals surface area contributed by atoms with E-state index in [0.29, 0.717) is 31.2 Å². The van der Waals surface area contributed by atoms with Crippen LogP contribution in [0.2, 0.25) is 0 Å². The summed E-state index contributed by atoms with van der Waals surface area (Å²) >= 11 is 0. The Labute approximate surface area is 146 Å². The summed E-state index contributed by atoms with van der Waals surface area (Å²) in [5.74, 6) is 1.96. The Morgan fingerprint density at radius 3 is 2.56 bits per heavy atom. The lowest BCUT2D eigenvalue weighted by atomic mass is 10.1. The molecule has 130 valence electrons. The number of methoxy groups -OCH3 is 1. The van der Waals surface area contributed by atoms with Gasteiger partial charge in [-0.15, -0.1) is 0 Å². The highest BCUT2D eigenvalue weighted by atomic mass is 19.1. The average molecular weight is 341 g/mol. The molecule has 5 heteroatoms. The maximum Gasteiger partial charge on any atom is 0.166 e. The summed E-state index contributed by atoms with van der Waals surface area (Å²) in [6.45, 7) is 1.57. The zero-order chi connectivity index (χ0) is 17.5. The van der Waals surface area contributed by atoms with E-state index in [2.05, 4.69) is 5.32 Å². The predicted octanol–water partition coefficient (Wildman–Crippen LogP) is 4.30. The molecule has 0 atom stereocenters. The van der Waals surface area contributed by atoms with Gasteiger partial charge in [-0.05, 0) is 35.9 Å². The van der Waals surface area contributed by atoms with Gasteiger partial charge in [0.1, 0.15) is 18.2 Å². The molecule has 0 saturated heterocycles. The van der Waals surface area contributed by atoms with E-state index in [-0.39, 0.29) is 5.82 Å². The van der Waals surface area contributed by atoms with Gasteiger partial charge in [-0.1, -0.05) is 24.3 Å². The lowest BCUT2D eigenvalue weighted by Gasteiger charge is -2.15. The second-order valence-electron chi connectivity index (χ2n) is 5.55. The van der Waals surface area contributed by atoms with Gasteiger partial charge in [0.2, 0.25) is 0 Å². The van der Waals surface area contributed by atoms with Crippen LogP contribution in [-0.2, 0) is 19.7 Å². The highest BCUT2D eigenvalue weighted by molar-refractivity contribution is 5.46. The summed E-state index contributed by atoms with van der Waals surface area (Å²) in [6, 6.07) is 15.8. The number of furan rings is 1. The topological polar surface area (TPSA) is 43.6 Å². The molecular formula is C20H20FNO3. The highest BCUT2D eigenvalue weighted by Gasteiger charge is 2.11. The fourth-order valence-corrected chi connectivity index (χ4v) is 2.49. The lowest BCUT2D eigenvalue weighted by molar-refractivity contribution is 0.280. The number of hydrogen-bond acceptors (Lipinski definition) is 4. The summed E-state index contributed by atoms with van der Waals surface area (Å²) in [6.07, 6.45) is 1.65. The Morgan fingerprint density at radius 1 is 1.00 bits per heavy atom. The first-order valence-corrected chi connectivity index (χ1v) is 8.02. The minimum absolute atomic E-state index is 0.260. The fraction of sp³-hybridized carbons (Fsp3) is 0.200. The van der Waals surface area contributed by atoms with Crippen LogP contribution in [0.15, 0.2) is 65.3 Å². The Kier molecular flexibility index (Phi) is 5.69. The molecule has 0 aliphatic carbocycles. The quantitative estimate of drug-likeness (QED) is 0.663. The molecule has 0 unspecified atom stereocenters. The summed E-state index contributed by atoms with van der Waals surface area (Å²) in [5.41, 5.74) is 1.87. The lowest BCUT2D eigenvalue weighted by Crippen LogP contribution is -2.13. The summed E-state index contributed by atoms with van der Waals surface area (Å²) < 4.78 is 29.7. The van der Waals surface area contributed by atoms with Gasteiger partial charge in [-0.25, -0.2) is 4.39 Å². The van der Waals surface area contributed by atoms with Gasteiger partial charge >= 0.3 is 0 Å². The van der Waals surface area contributed by atoms with Gasteiger partial charge in [-0.2, -0.15) is 0 Å². The van der Waals surface area contributed by atoms with Crippen LogP contribution < -0.4 is 14.8 Å². The van der Waals surface area contributed by atoms with E-state index in [1.54, 1.807) is 25.5 Å². The molecule has 0 spiro atoms. The van der Waals surface area contributed by atoms with Crippen LogP contribution in [0.5, 0.6) is 11.5 Å². The van der Waals surface area contributed by atoms with Crippen LogP contribution in [0.3, 0.4) is 0 Å². The summed E-state index contributed by atoms with van der Waals surface area (Å²) in [5, 5.41) is 3.32. The third-order valence-corrected chi connectivity index (χ3v) is 3.77. The normalized spacial score (nSPS) is 10.6. The monoisotopic (exact) mass is 341 g/mol. The molecule has 25 heavy (non-hydrogen) atoms. The molecule has 1 aromatic heterocycles. The first-order chi connectivity index (χ1) is 12.3. The predicted molar refractivity (Wildman–Crippen MR) is 93.0 cm³/mol. The van der Waals surface area contributed by atoms with Gasteiger partial charge in [-0.3, -0.25) is 0 Å². The zero-order valence-corrected chi connectivity index (χ0v) is 14.0. The molecule has 0 fully saturated rings. The average Bonchev–Trinajstić information content (AvgIpc) is 3.15. The van der Waals surface area contributed by atoms with Crippen LogP contribution in [-0.4, -0.2) is 7.11 Å². The van der Waals surface area contributed by atoms with E-state index >= 15 is 0 Å². The van der Waals surface area contributed by atoms with Gasteiger partial charge in [0.15, 0.2) is 11.5 Å². The van der Waals surface area contributed by atoms with Crippen molar-refractivity contribution in [2.45, 2.75) is 19.7 Å². The number of benzene rings is 2. The molecule has 0 aliphatic rings. The number of nitrogens with one attached hydrogen (secondary N) is 1. The van der Waals surface area contributed by atoms with Crippen molar-refractivity contribution in [2.75, 3.05) is 7.11 Å². The molecule has 3 aromatic rings. The van der Waals surface area contributed by atoms with Crippen LogP contribution >= 0.6 is 0 Å². The van der Waals surface area contributed by atoms with Crippen LogP contribution in [0.1, 0.15) is 16.9 Å². The van der Waals surface area contributed by atoms with Crippen molar-refractivity contribution in [3.8, 4) is 11.5 Å². The number of rotatable bonds is 8. The fourth-order valence-electron chi connectivity index (χ4n) is 2.49. The maximum absolute atomic E-state index is 13.0. The minimum atomic E-state index is -0.260. The van der Waals surface area contributed by atoms with Crippen LogP contribution in [0.25, 0.3) is 0 Å². The molecule has 0 aliphatic heterocycles. The van der Waals surface area contributed by atoms with Crippen molar-refractivity contribution < 1.29 is 18.3 Å². The molecule has 3 rings (SSSR count). The Morgan fingerprint density at radius 2 is 1.84 bits per heavy atom. The third kappa shape index (κ3) is 4.61. The Hall–Kier alpha value is -2.79. The van der Waals surface area contributed by atoms with Crippen molar-refractivity contribution >= 4 is 0 Å². The van der Waals surface area contributed by atoms with Gasteiger partial charge in [0.25, 0.3) is 0 Å². The van der Waals surface area contributed by atoms with Crippen molar-refractivity contribution in [3.05, 3.63) is 83.6 Å². The van der Waals surface area contributed by atoms with E-state index in [4.69, 9.17) is 13.9 Å². The molecular weight excluding hydrogens is 321 g/mol. The second-order valence-corrected chi connectivity index (χ2v) is 5.55. The van der Waals surface area contributed by atoms with Crippen molar-refractivity contribution in [1.82, 2.24) is 5.32 Å². The third-order valence-electron chi connectivity index (χ3n) is 3.77. The standard InChI is InChI=1S/C20H20FNO3/c1-23-19-6-2-4-16(12-22-13-18-5-3-11-24-18)20(19)25-14-15-7-9-17(21)10-8-15/h2-11,22H,12-14H2,1H3. The van der Waals surface area contributed by atoms with E-state index in [1.165, 1.54) is 12.1 Å². The first kappa shape index (κ1) is 17.0. The number of para-hydroxylation sites is 1. The largest absolute Gasteiger partial charge is 0.493 e. The molecule has 0 radical (unpaired) electrons. The summed E-state index contributed by atoms with van der Waals surface area (Å²) in [4.78, 5) is 0. The Balaban J connectivity index is 1.68. The molecule has 1 N–H and O–H groups in total. The zero-order valence-electron chi connectivity index (χ0n) is 14.0. The van der Waals surface area contributed by atoms with E-state index < -0.39 is 0 Å². The number of halogens is 1. The smallest absolute Gasteiger partial charge is 0.166 e. The van der Waals surface area contributed by atoms with Crippen molar-refractivity contribution in [1.29, 1.82) is 0 Å². The van der Waals surface area contributed by atoms with Gasteiger partial charge < -0.3 is 19.2 Å². The van der Waals surface area contributed by atoms with E-state index in [0.717, 1.165) is 16.9 Å². The Bertz CT molecular complexity index is 785. The minimum Gasteiger partial charge on any atom is -0.493 e. The first-order valence-electron chi connectivity index (χ1n) is 8.02. The maximum atomic E-state index is 13.0. The molecule has 0 saturated carbocycles. The second kappa shape index (κ2) is 8.35. The van der Waals surface area contributed by atoms with Crippen molar-refractivity contribution in [3.63, 3.8) is 0 Å². The summed E-state index contributed by atoms with van der Waals surface area (Å²) in [7, 11) is 1.61. The van der Waals surface area contributed by atoms with Crippen LogP contribution in [0, 0.1) is 5.82 Å². The highest BCUT2D eigenvalue weighted by Crippen LogP contribution is 2.31. The van der Waals surface area contributed by atoms with Gasteiger partial charge in [0.05, 0.1) is 19.9 Å². The van der Waals surface area contributed by atoms with Crippen LogP contribution in [0.4, 0.5) is 4.39 Å². The molecule has 1 heterocycles. The van der Waals surface area contributed by atoms with Gasteiger partial charge in [0, 0.05) is 12.1 Å². The number of ether oxygens (including phenoxy) is 2. The molecule has 2 aromatic carbocycles.